The van der Waals surface area contributed by atoms with Crippen LogP contribution in [0.4, 0.5) is 5.69 Å². The number of anilines is 1. The Balaban J connectivity index is 2.01. The summed E-state index contributed by atoms with van der Waals surface area (Å²) < 4.78 is 28.9. The molecule has 0 saturated carbocycles. The van der Waals surface area contributed by atoms with Crippen molar-refractivity contribution in [3.05, 3.63) is 95.6 Å². The summed E-state index contributed by atoms with van der Waals surface area (Å²) >= 11 is 0. The van der Waals surface area contributed by atoms with Crippen molar-refractivity contribution in [2.75, 3.05) is 17.4 Å². The largest absolute Gasteiger partial charge is 0.354 e. The van der Waals surface area contributed by atoms with Gasteiger partial charge in [-0.25, -0.2) is 8.42 Å². The van der Waals surface area contributed by atoms with Gasteiger partial charge in [0.25, 0.3) is 10.0 Å². The van der Waals surface area contributed by atoms with Gasteiger partial charge in [-0.05, 0) is 56.0 Å². The summed E-state index contributed by atoms with van der Waals surface area (Å²) in [6, 6.07) is 22.2. The SMILES string of the molecule is Cc1ccc(S(=O)(=O)N(CC(=O)N(Cc2ccccc2)[C@H](C)C(=O)NCC(C)C)c2ccccc2C)cc1. The lowest BCUT2D eigenvalue weighted by Crippen LogP contribution is -2.51. The van der Waals surface area contributed by atoms with Crippen LogP contribution in [0.3, 0.4) is 0 Å². The van der Waals surface area contributed by atoms with Crippen molar-refractivity contribution < 1.29 is 18.0 Å². The molecule has 0 radical (unpaired) electrons. The van der Waals surface area contributed by atoms with Gasteiger partial charge >= 0.3 is 0 Å². The molecule has 0 aliphatic heterocycles. The summed E-state index contributed by atoms with van der Waals surface area (Å²) in [5.74, 6) is -0.507. The van der Waals surface area contributed by atoms with Crippen molar-refractivity contribution in [3.8, 4) is 0 Å². The first-order valence-corrected chi connectivity index (χ1v) is 14.2. The van der Waals surface area contributed by atoms with E-state index in [1.807, 2.05) is 57.2 Å². The standard InChI is InChI=1S/C30H37N3O4S/c1-22(2)19-31-30(35)25(5)32(20-26-12-7-6-8-13-26)29(34)21-33(28-14-10-9-11-24(28)4)38(36,37)27-17-15-23(3)16-18-27/h6-18,22,25H,19-21H2,1-5H3,(H,31,35)/t25-/m1/s1. The third-order valence-corrected chi connectivity index (χ3v) is 8.09. The number of sulfonamides is 1. The van der Waals surface area contributed by atoms with Crippen LogP contribution in [0.2, 0.25) is 0 Å². The van der Waals surface area contributed by atoms with E-state index in [4.69, 9.17) is 0 Å². The molecule has 3 aromatic carbocycles. The third-order valence-electron chi connectivity index (χ3n) is 6.32. The summed E-state index contributed by atoms with van der Waals surface area (Å²) in [6.07, 6.45) is 0. The molecule has 8 heteroatoms. The van der Waals surface area contributed by atoms with Crippen molar-refractivity contribution in [3.63, 3.8) is 0 Å². The average molecular weight is 536 g/mol. The second kappa shape index (κ2) is 12.7. The van der Waals surface area contributed by atoms with Crippen LogP contribution in [-0.4, -0.2) is 44.3 Å². The monoisotopic (exact) mass is 535 g/mol. The number of benzene rings is 3. The molecule has 7 nitrogen and oxygen atoms in total. The van der Waals surface area contributed by atoms with E-state index >= 15 is 0 Å². The van der Waals surface area contributed by atoms with Crippen LogP contribution in [0.5, 0.6) is 0 Å². The molecule has 38 heavy (non-hydrogen) atoms. The molecule has 0 fully saturated rings. The van der Waals surface area contributed by atoms with Crippen molar-refractivity contribution in [1.82, 2.24) is 10.2 Å². The van der Waals surface area contributed by atoms with Crippen molar-refractivity contribution in [1.29, 1.82) is 0 Å². The first-order chi connectivity index (χ1) is 18.0. The van der Waals surface area contributed by atoms with Crippen molar-refractivity contribution >= 4 is 27.5 Å². The van der Waals surface area contributed by atoms with Gasteiger partial charge in [-0.3, -0.25) is 13.9 Å². The number of para-hydroxylation sites is 1. The van der Waals surface area contributed by atoms with Crippen LogP contribution >= 0.6 is 0 Å². The van der Waals surface area contributed by atoms with Crippen LogP contribution in [-0.2, 0) is 26.2 Å². The lowest BCUT2D eigenvalue weighted by Gasteiger charge is -2.32. The maximum atomic E-state index is 13.9. The van der Waals surface area contributed by atoms with Gasteiger partial charge in [0.2, 0.25) is 11.8 Å². The molecule has 202 valence electrons. The van der Waals surface area contributed by atoms with Crippen molar-refractivity contribution in [2.24, 2.45) is 5.92 Å². The first-order valence-electron chi connectivity index (χ1n) is 12.8. The van der Waals surface area contributed by atoms with Crippen LogP contribution in [0.25, 0.3) is 0 Å². The predicted molar refractivity (Wildman–Crippen MR) is 151 cm³/mol. The van der Waals surface area contributed by atoms with Gasteiger partial charge in [-0.2, -0.15) is 0 Å². The summed E-state index contributed by atoms with van der Waals surface area (Å²) in [7, 11) is -4.08. The van der Waals surface area contributed by atoms with Gasteiger partial charge in [0.1, 0.15) is 12.6 Å². The summed E-state index contributed by atoms with van der Waals surface area (Å²) in [5.41, 5.74) is 2.90. The molecular weight excluding hydrogens is 498 g/mol. The fourth-order valence-corrected chi connectivity index (χ4v) is 5.49. The minimum absolute atomic E-state index is 0.0940. The zero-order chi connectivity index (χ0) is 27.9. The predicted octanol–water partition coefficient (Wildman–Crippen LogP) is 4.69. The fourth-order valence-electron chi connectivity index (χ4n) is 4.01. The molecule has 3 aromatic rings. The van der Waals surface area contributed by atoms with Crippen molar-refractivity contribution in [2.45, 2.75) is 52.1 Å². The molecule has 2 amide bonds. The summed E-state index contributed by atoms with van der Waals surface area (Å²) in [5, 5.41) is 2.89. The molecular formula is C30H37N3O4S. The van der Waals surface area contributed by atoms with E-state index in [9.17, 15) is 18.0 Å². The van der Waals surface area contributed by atoms with E-state index in [2.05, 4.69) is 5.32 Å². The highest BCUT2D eigenvalue weighted by molar-refractivity contribution is 7.92. The number of carbonyl (C=O) groups is 2. The third kappa shape index (κ3) is 7.22. The second-order valence-corrected chi connectivity index (χ2v) is 11.8. The molecule has 0 heterocycles. The fraction of sp³-hybridized carbons (Fsp3) is 0.333. The molecule has 0 aromatic heterocycles. The maximum Gasteiger partial charge on any atom is 0.264 e. The van der Waals surface area contributed by atoms with Crippen LogP contribution < -0.4 is 9.62 Å². The normalized spacial score (nSPS) is 12.2. The highest BCUT2D eigenvalue weighted by atomic mass is 32.2. The van der Waals surface area contributed by atoms with Gasteiger partial charge in [-0.1, -0.05) is 80.1 Å². The Bertz CT molecular complexity index is 1340. The number of amides is 2. The Morgan fingerprint density at radius 1 is 0.842 bits per heavy atom. The summed E-state index contributed by atoms with van der Waals surface area (Å²) in [4.78, 5) is 28.4. The molecule has 0 unspecified atom stereocenters. The van der Waals surface area contributed by atoms with Crippen LogP contribution in [0.1, 0.15) is 37.5 Å². The number of nitrogens with zero attached hydrogens (tertiary/aromatic N) is 2. The van der Waals surface area contributed by atoms with Gasteiger partial charge in [0.15, 0.2) is 0 Å². The van der Waals surface area contributed by atoms with E-state index in [1.165, 1.54) is 4.90 Å². The maximum absolute atomic E-state index is 13.9. The lowest BCUT2D eigenvalue weighted by atomic mass is 10.1. The first kappa shape index (κ1) is 28.9. The Labute approximate surface area is 226 Å². The number of aryl methyl sites for hydroxylation is 2. The Kier molecular flexibility index (Phi) is 9.69. The average Bonchev–Trinajstić information content (AvgIpc) is 2.89. The minimum atomic E-state index is -4.08. The number of nitrogens with one attached hydrogen (secondary N) is 1. The molecule has 0 aliphatic carbocycles. The van der Waals surface area contributed by atoms with Gasteiger partial charge in [0, 0.05) is 13.1 Å². The van der Waals surface area contributed by atoms with E-state index in [1.54, 1.807) is 56.3 Å². The highest BCUT2D eigenvalue weighted by Gasteiger charge is 2.33. The Morgan fingerprint density at radius 2 is 1.45 bits per heavy atom. The number of hydrogen-bond acceptors (Lipinski definition) is 4. The number of hydrogen-bond donors (Lipinski definition) is 1. The van der Waals surface area contributed by atoms with E-state index in [0.717, 1.165) is 15.4 Å². The molecule has 0 aliphatic rings. The molecule has 3 rings (SSSR count). The molecule has 0 spiro atoms. The minimum Gasteiger partial charge on any atom is -0.354 e. The van der Waals surface area contributed by atoms with Gasteiger partial charge in [0.05, 0.1) is 10.6 Å². The molecule has 1 N–H and O–H groups in total. The van der Waals surface area contributed by atoms with Crippen LogP contribution in [0, 0.1) is 19.8 Å². The topological polar surface area (TPSA) is 86.8 Å². The zero-order valence-electron chi connectivity index (χ0n) is 22.7. The lowest BCUT2D eigenvalue weighted by molar-refractivity contribution is -0.139. The Hall–Kier alpha value is -3.65. The number of carbonyl (C=O) groups excluding carboxylic acids is 2. The summed E-state index contributed by atoms with van der Waals surface area (Å²) in [6.45, 7) is 9.55. The molecule has 0 saturated heterocycles. The van der Waals surface area contributed by atoms with E-state index < -0.39 is 28.5 Å². The van der Waals surface area contributed by atoms with E-state index in [0.29, 0.717) is 17.8 Å². The highest BCUT2D eigenvalue weighted by Crippen LogP contribution is 2.27. The Morgan fingerprint density at radius 3 is 2.05 bits per heavy atom. The van der Waals surface area contributed by atoms with Gasteiger partial charge < -0.3 is 10.2 Å². The number of rotatable bonds is 11. The second-order valence-electron chi connectivity index (χ2n) is 9.93. The van der Waals surface area contributed by atoms with E-state index in [-0.39, 0.29) is 23.3 Å². The smallest absolute Gasteiger partial charge is 0.264 e. The quantitative estimate of drug-likeness (QED) is 0.386. The zero-order valence-corrected chi connectivity index (χ0v) is 23.5. The van der Waals surface area contributed by atoms with Gasteiger partial charge in [-0.15, -0.1) is 0 Å². The van der Waals surface area contributed by atoms with Crippen LogP contribution in [0.15, 0.2) is 83.8 Å². The molecule has 0 bridgehead atoms. The molecule has 1 atom stereocenters.